The first-order valence-corrected chi connectivity index (χ1v) is 22.1. The summed E-state index contributed by atoms with van der Waals surface area (Å²) in [5.41, 5.74) is 0.481. The molecule has 0 aliphatic heterocycles. The fraction of sp³-hybridized carbons (Fsp3) is 0.436. The topological polar surface area (TPSA) is 143 Å². The van der Waals surface area contributed by atoms with Crippen molar-refractivity contribution in [1.82, 2.24) is 9.29 Å². The molecule has 0 fully saturated rings. The molecule has 0 spiro atoms. The Kier molecular flexibility index (Phi) is 16.7. The number of para-hydroxylation sites is 1. The summed E-state index contributed by atoms with van der Waals surface area (Å²) in [5, 5.41) is 3.39. The van der Waals surface area contributed by atoms with Gasteiger partial charge in [0.1, 0.15) is 6.42 Å². The van der Waals surface area contributed by atoms with Gasteiger partial charge < -0.3 is 5.32 Å². The van der Waals surface area contributed by atoms with Crippen molar-refractivity contribution in [1.29, 1.82) is 0 Å². The van der Waals surface area contributed by atoms with Gasteiger partial charge in [-0.2, -0.15) is 0 Å². The Morgan fingerprint density at radius 2 is 1.17 bits per heavy atom. The second-order valence-electron chi connectivity index (χ2n) is 13.2. The monoisotopic (exact) mass is 804 g/mol. The number of amides is 1. The minimum Gasteiger partial charge on any atom is -0.324 e. The van der Waals surface area contributed by atoms with Crippen LogP contribution in [0, 0.1) is 0 Å². The number of rotatable bonds is 23. The molecule has 10 nitrogen and oxygen atoms in total. The van der Waals surface area contributed by atoms with E-state index in [1.54, 1.807) is 24.4 Å². The molecule has 0 radical (unpaired) electrons. The van der Waals surface area contributed by atoms with Gasteiger partial charge in [0.2, 0.25) is 21.8 Å². The molecule has 0 saturated carbocycles. The Bertz CT molecular complexity index is 2050. The van der Waals surface area contributed by atoms with Crippen LogP contribution in [0.25, 0.3) is 10.9 Å². The molecule has 0 aliphatic carbocycles. The lowest BCUT2D eigenvalue weighted by atomic mass is 10.0. The van der Waals surface area contributed by atoms with E-state index in [1.165, 1.54) is 93.0 Å². The Morgan fingerprint density at radius 1 is 0.642 bits per heavy atom. The summed E-state index contributed by atoms with van der Waals surface area (Å²) in [7, 11) is -8.27. The first-order chi connectivity index (χ1) is 25.4. The zero-order valence-electron chi connectivity index (χ0n) is 30.2. The van der Waals surface area contributed by atoms with E-state index in [9.17, 15) is 26.4 Å². The Labute approximate surface area is 324 Å². The van der Waals surface area contributed by atoms with Crippen LogP contribution in [-0.4, -0.2) is 39.8 Å². The molecule has 0 saturated heterocycles. The van der Waals surface area contributed by atoms with Gasteiger partial charge in [-0.15, -0.1) is 0 Å². The number of unbranched alkanes of at least 4 members (excludes halogenated alkanes) is 13. The summed E-state index contributed by atoms with van der Waals surface area (Å²) in [5.74, 6) is -1.18. The smallest absolute Gasteiger partial charge is 0.262 e. The van der Waals surface area contributed by atoms with Crippen LogP contribution < -0.4 is 14.8 Å². The van der Waals surface area contributed by atoms with E-state index in [1.807, 2.05) is 12.1 Å². The highest BCUT2D eigenvalue weighted by atomic mass is 35.5. The van der Waals surface area contributed by atoms with E-state index in [0.29, 0.717) is 11.9 Å². The van der Waals surface area contributed by atoms with Crippen LogP contribution in [-0.2, 0) is 24.8 Å². The van der Waals surface area contributed by atoms with Crippen LogP contribution in [0.2, 0.25) is 10.0 Å². The molecule has 0 atom stereocenters. The third-order valence-electron chi connectivity index (χ3n) is 9.02. The maximum absolute atomic E-state index is 13.4. The molecule has 3 N–H and O–H groups in total. The molecule has 1 aromatic heterocycles. The van der Waals surface area contributed by atoms with Gasteiger partial charge in [-0.25, -0.2) is 21.6 Å². The summed E-state index contributed by atoms with van der Waals surface area (Å²) >= 11 is 12.5. The number of hydrogen-bond donors (Lipinski definition) is 3. The summed E-state index contributed by atoms with van der Waals surface area (Å²) in [6.07, 6.45) is 17.9. The minimum atomic E-state index is -4.33. The number of nitrogens with zero attached hydrogens (tertiary/aromatic N) is 1. The molecular weight excluding hydrogens is 755 g/mol. The highest BCUT2D eigenvalue weighted by Crippen LogP contribution is 2.30. The number of anilines is 2. The SMILES string of the molecule is CCCCCCCCCCCCCCCCNS(=O)(=O)c1ccc(Cl)c(NS(=O)(=O)c2ccc(Cl)c(NC(=O)CC(=O)n3ccc4ccccc43)c2)c1. The first kappa shape index (κ1) is 42.3. The molecule has 14 heteroatoms. The molecule has 4 aromatic rings. The van der Waals surface area contributed by atoms with Crippen molar-refractivity contribution in [3.63, 3.8) is 0 Å². The lowest BCUT2D eigenvalue weighted by Crippen LogP contribution is -2.25. The van der Waals surface area contributed by atoms with Crippen LogP contribution in [0.15, 0.2) is 82.7 Å². The van der Waals surface area contributed by atoms with Crippen LogP contribution in [0.1, 0.15) is 108 Å². The number of aromatic nitrogens is 1. The van der Waals surface area contributed by atoms with Crippen molar-refractivity contribution in [3.05, 3.63) is 83.0 Å². The average molecular weight is 806 g/mol. The third-order valence-corrected chi connectivity index (χ3v) is 12.5. The molecular formula is C39H50Cl2N4O6S2. The highest BCUT2D eigenvalue weighted by Gasteiger charge is 2.22. The van der Waals surface area contributed by atoms with E-state index in [4.69, 9.17) is 23.2 Å². The van der Waals surface area contributed by atoms with Gasteiger partial charge in [-0.05, 0) is 55.0 Å². The number of nitrogens with one attached hydrogen (secondary N) is 3. The fourth-order valence-electron chi connectivity index (χ4n) is 6.05. The largest absolute Gasteiger partial charge is 0.324 e. The molecule has 3 aromatic carbocycles. The van der Waals surface area contributed by atoms with E-state index in [2.05, 4.69) is 21.7 Å². The number of carbonyl (C=O) groups is 2. The summed E-state index contributed by atoms with van der Waals surface area (Å²) < 4.78 is 59.2. The normalized spacial score (nSPS) is 11.9. The Hall–Kier alpha value is -3.42. The van der Waals surface area contributed by atoms with Crippen molar-refractivity contribution in [2.45, 2.75) is 113 Å². The maximum atomic E-state index is 13.4. The molecule has 4 rings (SSSR count). The molecule has 0 unspecified atom stereocenters. The van der Waals surface area contributed by atoms with E-state index < -0.39 is 38.3 Å². The first-order valence-electron chi connectivity index (χ1n) is 18.4. The van der Waals surface area contributed by atoms with Crippen LogP contribution in [0.3, 0.4) is 0 Å². The molecule has 1 heterocycles. The number of fused-ring (bicyclic) bond motifs is 1. The predicted molar refractivity (Wildman–Crippen MR) is 215 cm³/mol. The Balaban J connectivity index is 1.25. The van der Waals surface area contributed by atoms with Gasteiger partial charge in [0.15, 0.2) is 0 Å². The zero-order chi connectivity index (χ0) is 38.3. The van der Waals surface area contributed by atoms with Crippen molar-refractivity contribution >= 4 is 77.3 Å². The molecule has 288 valence electrons. The second-order valence-corrected chi connectivity index (χ2v) is 17.5. The Morgan fingerprint density at radius 3 is 1.79 bits per heavy atom. The van der Waals surface area contributed by atoms with Crippen molar-refractivity contribution in [2.24, 2.45) is 0 Å². The molecule has 0 bridgehead atoms. The zero-order valence-corrected chi connectivity index (χ0v) is 33.4. The standard InChI is InChI=1S/C39H50Cl2N4O6S2/c1-2-3-4-5-6-7-8-9-10-11-12-13-14-17-25-42-52(48,49)31-20-23-34(41)36(28-31)44-53(50,51)32-21-22-33(40)35(27-32)43-38(46)29-39(47)45-26-24-30-18-15-16-19-37(30)45/h15-16,18-24,26-28,42,44H,2-14,17,25,29H2,1H3,(H,43,46). The van der Waals surface area contributed by atoms with Crippen molar-refractivity contribution in [2.75, 3.05) is 16.6 Å². The quantitative estimate of drug-likeness (QED) is 0.0503. The van der Waals surface area contributed by atoms with E-state index in [0.717, 1.165) is 36.8 Å². The average Bonchev–Trinajstić information content (AvgIpc) is 3.56. The summed E-state index contributed by atoms with van der Waals surface area (Å²) in [4.78, 5) is 25.2. The second kappa shape index (κ2) is 20.9. The van der Waals surface area contributed by atoms with Gasteiger partial charge in [0, 0.05) is 18.1 Å². The number of benzene rings is 3. The van der Waals surface area contributed by atoms with Gasteiger partial charge in [-0.1, -0.05) is 132 Å². The summed E-state index contributed by atoms with van der Waals surface area (Å²) in [6, 6.07) is 16.4. The highest BCUT2D eigenvalue weighted by molar-refractivity contribution is 7.92. The van der Waals surface area contributed by atoms with Gasteiger partial charge >= 0.3 is 0 Å². The van der Waals surface area contributed by atoms with Crippen LogP contribution >= 0.6 is 23.2 Å². The van der Waals surface area contributed by atoms with Gasteiger partial charge in [-0.3, -0.25) is 18.9 Å². The van der Waals surface area contributed by atoms with Crippen molar-refractivity contribution < 1.29 is 26.4 Å². The predicted octanol–water partition coefficient (Wildman–Crippen LogP) is 10.2. The fourth-order valence-corrected chi connectivity index (χ4v) is 8.63. The van der Waals surface area contributed by atoms with E-state index in [-0.39, 0.29) is 37.8 Å². The lowest BCUT2D eigenvalue weighted by Gasteiger charge is -2.14. The number of carbonyl (C=O) groups excluding carboxylic acids is 2. The summed E-state index contributed by atoms with van der Waals surface area (Å²) in [6.45, 7) is 2.50. The number of hydrogen-bond acceptors (Lipinski definition) is 6. The van der Waals surface area contributed by atoms with Crippen LogP contribution in [0.5, 0.6) is 0 Å². The van der Waals surface area contributed by atoms with Crippen LogP contribution in [0.4, 0.5) is 11.4 Å². The number of sulfonamides is 2. The molecule has 1 amide bonds. The third kappa shape index (κ3) is 13.1. The maximum Gasteiger partial charge on any atom is 0.262 e. The molecule has 0 aliphatic rings. The number of halogens is 2. The van der Waals surface area contributed by atoms with Gasteiger partial charge in [0.25, 0.3) is 10.0 Å². The van der Waals surface area contributed by atoms with Crippen molar-refractivity contribution in [3.8, 4) is 0 Å². The van der Waals surface area contributed by atoms with Gasteiger partial charge in [0.05, 0.1) is 36.7 Å². The lowest BCUT2D eigenvalue weighted by molar-refractivity contribution is -0.115. The minimum absolute atomic E-state index is 0.0157. The molecule has 53 heavy (non-hydrogen) atoms. The van der Waals surface area contributed by atoms with E-state index >= 15 is 0 Å².